The standard InChI is InChI=1S/C16H28N2O2/c1-4-11-20-16-12-14(7-8-15(16)17)18(9-10-19)13(5-2)6-3/h7-8,12-13,19H,4-6,9-11,17H2,1-3H3. The summed E-state index contributed by atoms with van der Waals surface area (Å²) in [5.41, 5.74) is 7.68. The van der Waals surface area contributed by atoms with Gasteiger partial charge in [0.1, 0.15) is 5.75 Å². The molecule has 1 rings (SSSR count). The van der Waals surface area contributed by atoms with E-state index in [4.69, 9.17) is 10.5 Å². The van der Waals surface area contributed by atoms with Crippen molar-refractivity contribution in [1.29, 1.82) is 0 Å². The first-order valence-electron chi connectivity index (χ1n) is 7.57. The van der Waals surface area contributed by atoms with Gasteiger partial charge in [-0.05, 0) is 31.4 Å². The smallest absolute Gasteiger partial charge is 0.144 e. The van der Waals surface area contributed by atoms with Gasteiger partial charge in [-0.25, -0.2) is 0 Å². The highest BCUT2D eigenvalue weighted by Gasteiger charge is 2.16. The van der Waals surface area contributed by atoms with Gasteiger partial charge in [-0.15, -0.1) is 0 Å². The lowest BCUT2D eigenvalue weighted by atomic mass is 10.1. The van der Waals surface area contributed by atoms with E-state index in [-0.39, 0.29) is 6.61 Å². The molecule has 0 aliphatic heterocycles. The molecule has 0 amide bonds. The summed E-state index contributed by atoms with van der Waals surface area (Å²) in [5.74, 6) is 0.734. The maximum absolute atomic E-state index is 9.31. The van der Waals surface area contributed by atoms with Gasteiger partial charge in [0, 0.05) is 24.3 Å². The zero-order valence-electron chi connectivity index (χ0n) is 12.9. The summed E-state index contributed by atoms with van der Waals surface area (Å²) in [6, 6.07) is 6.29. The van der Waals surface area contributed by atoms with Crippen LogP contribution >= 0.6 is 0 Å². The van der Waals surface area contributed by atoms with E-state index in [1.807, 2.05) is 18.2 Å². The number of nitrogens with two attached hydrogens (primary N) is 1. The molecular formula is C16H28N2O2. The molecule has 4 nitrogen and oxygen atoms in total. The number of benzene rings is 1. The molecule has 0 aliphatic carbocycles. The number of aliphatic hydroxyl groups is 1. The van der Waals surface area contributed by atoms with E-state index in [2.05, 4.69) is 25.7 Å². The molecule has 1 aromatic rings. The van der Waals surface area contributed by atoms with Crippen molar-refractivity contribution >= 4 is 11.4 Å². The second-order valence-electron chi connectivity index (χ2n) is 4.96. The highest BCUT2D eigenvalue weighted by Crippen LogP contribution is 2.29. The Bertz CT molecular complexity index is 392. The van der Waals surface area contributed by atoms with Crippen molar-refractivity contribution in [1.82, 2.24) is 0 Å². The highest BCUT2D eigenvalue weighted by atomic mass is 16.5. The van der Waals surface area contributed by atoms with E-state index in [1.165, 1.54) is 0 Å². The van der Waals surface area contributed by atoms with E-state index < -0.39 is 0 Å². The number of hydrogen-bond acceptors (Lipinski definition) is 4. The molecule has 0 aliphatic rings. The number of nitrogen functional groups attached to an aromatic ring is 1. The third kappa shape index (κ3) is 4.30. The predicted molar refractivity (Wildman–Crippen MR) is 85.4 cm³/mol. The van der Waals surface area contributed by atoms with Crippen LogP contribution < -0.4 is 15.4 Å². The summed E-state index contributed by atoms with van der Waals surface area (Å²) >= 11 is 0. The maximum atomic E-state index is 9.31. The quantitative estimate of drug-likeness (QED) is 0.683. The van der Waals surface area contributed by atoms with Gasteiger partial charge in [-0.2, -0.15) is 0 Å². The lowest BCUT2D eigenvalue weighted by molar-refractivity contribution is 0.295. The molecule has 0 fully saturated rings. The van der Waals surface area contributed by atoms with E-state index in [1.54, 1.807) is 0 Å². The van der Waals surface area contributed by atoms with Crippen LogP contribution in [-0.2, 0) is 0 Å². The second kappa shape index (κ2) is 8.69. The van der Waals surface area contributed by atoms with Crippen molar-refractivity contribution in [3.63, 3.8) is 0 Å². The van der Waals surface area contributed by atoms with Gasteiger partial charge in [0.25, 0.3) is 0 Å². The van der Waals surface area contributed by atoms with Crippen LogP contribution in [0.2, 0.25) is 0 Å². The maximum Gasteiger partial charge on any atom is 0.144 e. The van der Waals surface area contributed by atoms with Crippen molar-refractivity contribution in [2.24, 2.45) is 0 Å². The molecule has 4 heteroatoms. The molecular weight excluding hydrogens is 252 g/mol. The first kappa shape index (κ1) is 16.6. The van der Waals surface area contributed by atoms with Crippen LogP contribution in [0.5, 0.6) is 5.75 Å². The third-order valence-electron chi connectivity index (χ3n) is 3.51. The van der Waals surface area contributed by atoms with E-state index >= 15 is 0 Å². The number of hydrogen-bond donors (Lipinski definition) is 2. The molecule has 0 saturated carbocycles. The Labute approximate surface area is 122 Å². The van der Waals surface area contributed by atoms with Crippen LogP contribution in [0.15, 0.2) is 18.2 Å². The molecule has 0 bridgehead atoms. The van der Waals surface area contributed by atoms with Crippen molar-refractivity contribution in [3.8, 4) is 5.75 Å². The number of aliphatic hydroxyl groups excluding tert-OH is 1. The van der Waals surface area contributed by atoms with Crippen LogP contribution in [0.3, 0.4) is 0 Å². The zero-order valence-corrected chi connectivity index (χ0v) is 12.9. The fourth-order valence-corrected chi connectivity index (χ4v) is 2.40. The summed E-state index contributed by atoms with van der Waals surface area (Å²) in [4.78, 5) is 2.23. The molecule has 0 atom stereocenters. The SMILES string of the molecule is CCCOc1cc(N(CCO)C(CC)CC)ccc1N. The van der Waals surface area contributed by atoms with Crippen LogP contribution in [0.1, 0.15) is 40.0 Å². The number of nitrogens with zero attached hydrogens (tertiary/aromatic N) is 1. The summed E-state index contributed by atoms with van der Waals surface area (Å²) in [7, 11) is 0. The van der Waals surface area contributed by atoms with Gasteiger partial charge < -0.3 is 20.5 Å². The van der Waals surface area contributed by atoms with E-state index in [9.17, 15) is 5.11 Å². The number of rotatable bonds is 9. The molecule has 0 heterocycles. The van der Waals surface area contributed by atoms with Gasteiger partial charge >= 0.3 is 0 Å². The minimum Gasteiger partial charge on any atom is -0.491 e. The molecule has 3 N–H and O–H groups in total. The predicted octanol–water partition coefficient (Wildman–Crippen LogP) is 3.04. The molecule has 0 saturated heterocycles. The molecule has 0 spiro atoms. The van der Waals surface area contributed by atoms with Crippen LogP contribution in [0.4, 0.5) is 11.4 Å². The van der Waals surface area contributed by atoms with Gasteiger partial charge in [0.05, 0.1) is 18.9 Å². The Morgan fingerprint density at radius 2 is 1.95 bits per heavy atom. The van der Waals surface area contributed by atoms with Crippen molar-refractivity contribution in [3.05, 3.63) is 18.2 Å². The summed E-state index contributed by atoms with van der Waals surface area (Å²) < 4.78 is 5.69. The first-order chi connectivity index (χ1) is 9.67. The van der Waals surface area contributed by atoms with Gasteiger partial charge in [0.15, 0.2) is 0 Å². The van der Waals surface area contributed by atoms with Crippen molar-refractivity contribution in [2.45, 2.75) is 46.1 Å². The minimum atomic E-state index is 0.145. The average molecular weight is 280 g/mol. The van der Waals surface area contributed by atoms with Crippen LogP contribution in [-0.4, -0.2) is 30.9 Å². The summed E-state index contributed by atoms with van der Waals surface area (Å²) in [6.45, 7) is 7.85. The molecule has 114 valence electrons. The average Bonchev–Trinajstić information content (AvgIpc) is 2.47. The zero-order chi connectivity index (χ0) is 15.0. The van der Waals surface area contributed by atoms with E-state index in [0.29, 0.717) is 24.9 Å². The van der Waals surface area contributed by atoms with Gasteiger partial charge in [0.2, 0.25) is 0 Å². The molecule has 20 heavy (non-hydrogen) atoms. The van der Waals surface area contributed by atoms with Crippen molar-refractivity contribution < 1.29 is 9.84 Å². The topological polar surface area (TPSA) is 58.7 Å². The van der Waals surface area contributed by atoms with Gasteiger partial charge in [-0.3, -0.25) is 0 Å². The Morgan fingerprint density at radius 1 is 1.25 bits per heavy atom. The minimum absolute atomic E-state index is 0.145. The summed E-state index contributed by atoms with van der Waals surface area (Å²) in [6.07, 6.45) is 3.05. The largest absolute Gasteiger partial charge is 0.491 e. The van der Waals surface area contributed by atoms with Gasteiger partial charge in [-0.1, -0.05) is 20.8 Å². The molecule has 0 unspecified atom stereocenters. The highest BCUT2D eigenvalue weighted by molar-refractivity contribution is 5.62. The lowest BCUT2D eigenvalue weighted by Crippen LogP contribution is -2.36. The summed E-state index contributed by atoms with van der Waals surface area (Å²) in [5, 5.41) is 9.31. The fraction of sp³-hybridized carbons (Fsp3) is 0.625. The van der Waals surface area contributed by atoms with E-state index in [0.717, 1.165) is 30.7 Å². The lowest BCUT2D eigenvalue weighted by Gasteiger charge is -2.32. The molecule has 0 aromatic heterocycles. The Hall–Kier alpha value is -1.42. The Morgan fingerprint density at radius 3 is 2.50 bits per heavy atom. The Balaban J connectivity index is 3.00. The number of anilines is 2. The monoisotopic (exact) mass is 280 g/mol. The Kier molecular flexibility index (Phi) is 7.23. The molecule has 0 radical (unpaired) electrons. The second-order valence-corrected chi connectivity index (χ2v) is 4.96. The normalized spacial score (nSPS) is 10.8. The number of ether oxygens (including phenoxy) is 1. The molecule has 1 aromatic carbocycles. The van der Waals surface area contributed by atoms with Crippen LogP contribution in [0, 0.1) is 0 Å². The van der Waals surface area contributed by atoms with Crippen molar-refractivity contribution in [2.75, 3.05) is 30.4 Å². The first-order valence-corrected chi connectivity index (χ1v) is 7.57. The fourth-order valence-electron chi connectivity index (χ4n) is 2.40. The van der Waals surface area contributed by atoms with Crippen LogP contribution in [0.25, 0.3) is 0 Å². The third-order valence-corrected chi connectivity index (χ3v) is 3.51.